The van der Waals surface area contributed by atoms with Gasteiger partial charge in [0.05, 0.1) is 0 Å². The molecule has 1 aromatic carbocycles. The second-order valence-corrected chi connectivity index (χ2v) is 7.11. The summed E-state index contributed by atoms with van der Waals surface area (Å²) in [6, 6.07) is 7.17. The lowest BCUT2D eigenvalue weighted by molar-refractivity contribution is 0.570. The average molecular weight is 344 g/mol. The van der Waals surface area contributed by atoms with Gasteiger partial charge in [-0.1, -0.05) is 33.3 Å². The first kappa shape index (κ1) is 17.1. The van der Waals surface area contributed by atoms with Gasteiger partial charge in [0.1, 0.15) is 0 Å². The molecule has 0 amide bonds. The Kier molecular flexibility index (Phi) is 8.12. The van der Waals surface area contributed by atoms with E-state index in [9.17, 15) is 0 Å². The normalized spacial score (nSPS) is 14.4. The van der Waals surface area contributed by atoms with Crippen molar-refractivity contribution in [2.75, 3.05) is 12.3 Å². The molecule has 0 radical (unpaired) electrons. The summed E-state index contributed by atoms with van der Waals surface area (Å²) in [4.78, 5) is 1.35. The Bertz CT molecular complexity index is 381. The molecule has 0 spiro atoms. The van der Waals surface area contributed by atoms with Crippen LogP contribution in [-0.4, -0.2) is 12.3 Å². The fourth-order valence-corrected chi connectivity index (χ4v) is 3.53. The van der Waals surface area contributed by atoms with E-state index in [2.05, 4.69) is 67.1 Å². The molecule has 0 aliphatic heterocycles. The topological polar surface area (TPSA) is 12.0 Å². The molecule has 1 nitrogen and oxygen atoms in total. The third kappa shape index (κ3) is 5.88. The Hall–Kier alpha value is 0.01000. The quantitative estimate of drug-likeness (QED) is 0.612. The number of hydrogen-bond acceptors (Lipinski definition) is 2. The van der Waals surface area contributed by atoms with E-state index in [0.717, 1.165) is 12.5 Å². The first-order chi connectivity index (χ1) is 9.08. The third-order valence-electron chi connectivity index (χ3n) is 3.38. The molecule has 2 unspecified atom stereocenters. The van der Waals surface area contributed by atoms with Crippen molar-refractivity contribution in [3.63, 3.8) is 0 Å². The number of benzene rings is 1. The molecule has 1 aromatic rings. The van der Waals surface area contributed by atoms with Gasteiger partial charge in [0.2, 0.25) is 0 Å². The zero-order valence-corrected chi connectivity index (χ0v) is 14.9. The van der Waals surface area contributed by atoms with Crippen LogP contribution in [0.25, 0.3) is 0 Å². The summed E-state index contributed by atoms with van der Waals surface area (Å²) < 4.78 is 1.23. The van der Waals surface area contributed by atoms with E-state index >= 15 is 0 Å². The van der Waals surface area contributed by atoms with Gasteiger partial charge in [0.25, 0.3) is 0 Å². The van der Waals surface area contributed by atoms with Crippen molar-refractivity contribution in [2.24, 2.45) is 5.92 Å². The molecule has 0 aromatic heterocycles. The highest BCUT2D eigenvalue weighted by Crippen LogP contribution is 2.31. The Morgan fingerprint density at radius 3 is 2.58 bits per heavy atom. The van der Waals surface area contributed by atoms with Gasteiger partial charge in [0, 0.05) is 21.2 Å². The van der Waals surface area contributed by atoms with Crippen LogP contribution in [0.1, 0.15) is 52.1 Å². The molecule has 0 bridgehead atoms. The average Bonchev–Trinajstić information content (AvgIpc) is 2.42. The molecule has 0 heterocycles. The van der Waals surface area contributed by atoms with Crippen LogP contribution >= 0.6 is 27.7 Å². The highest BCUT2D eigenvalue weighted by atomic mass is 79.9. The molecule has 108 valence electrons. The van der Waals surface area contributed by atoms with E-state index in [-0.39, 0.29) is 0 Å². The Morgan fingerprint density at radius 2 is 2.00 bits per heavy atom. The van der Waals surface area contributed by atoms with Gasteiger partial charge in [-0.3, -0.25) is 0 Å². The van der Waals surface area contributed by atoms with Crippen molar-refractivity contribution in [2.45, 2.75) is 51.5 Å². The lowest BCUT2D eigenvalue weighted by Gasteiger charge is -2.15. The van der Waals surface area contributed by atoms with Gasteiger partial charge in [-0.05, 0) is 59.4 Å². The van der Waals surface area contributed by atoms with Crippen LogP contribution in [0, 0.1) is 5.92 Å². The third-order valence-corrected chi connectivity index (χ3v) is 5.70. The SMILES string of the molecule is CCCNC(C)c1ccc(SCC(C)CC)c(Br)c1. The van der Waals surface area contributed by atoms with Crippen molar-refractivity contribution in [3.8, 4) is 0 Å². The van der Waals surface area contributed by atoms with Crippen LogP contribution in [0.4, 0.5) is 0 Å². The molecule has 19 heavy (non-hydrogen) atoms. The van der Waals surface area contributed by atoms with Crippen molar-refractivity contribution < 1.29 is 0 Å². The standard InChI is InChI=1S/C16H26BrNS/c1-5-9-18-13(4)14-7-8-16(15(17)10-14)19-11-12(3)6-2/h7-8,10,12-13,18H,5-6,9,11H2,1-4H3. The van der Waals surface area contributed by atoms with E-state index in [0.29, 0.717) is 6.04 Å². The summed E-state index contributed by atoms with van der Waals surface area (Å²) in [6.45, 7) is 10.1. The molecule has 2 atom stereocenters. The van der Waals surface area contributed by atoms with Crippen LogP contribution in [-0.2, 0) is 0 Å². The number of nitrogens with one attached hydrogen (secondary N) is 1. The highest BCUT2D eigenvalue weighted by Gasteiger charge is 2.08. The zero-order valence-electron chi connectivity index (χ0n) is 12.5. The monoisotopic (exact) mass is 343 g/mol. The molecule has 1 N–H and O–H groups in total. The van der Waals surface area contributed by atoms with Gasteiger partial charge < -0.3 is 5.32 Å². The van der Waals surface area contributed by atoms with E-state index < -0.39 is 0 Å². The summed E-state index contributed by atoms with van der Waals surface area (Å²) in [5.41, 5.74) is 1.35. The molecule has 0 saturated carbocycles. The van der Waals surface area contributed by atoms with Crippen LogP contribution in [0.2, 0.25) is 0 Å². The molecule has 0 fully saturated rings. The number of rotatable bonds is 8. The summed E-state index contributed by atoms with van der Waals surface area (Å²) in [6.07, 6.45) is 2.43. The van der Waals surface area contributed by atoms with E-state index in [1.165, 1.54) is 33.5 Å². The molecule has 0 saturated heterocycles. The fourth-order valence-electron chi connectivity index (χ4n) is 1.73. The van der Waals surface area contributed by atoms with Crippen LogP contribution in [0.3, 0.4) is 0 Å². The molecular weight excluding hydrogens is 318 g/mol. The molecule has 0 aliphatic carbocycles. The minimum atomic E-state index is 0.421. The van der Waals surface area contributed by atoms with E-state index in [1.807, 2.05) is 11.8 Å². The summed E-state index contributed by atoms with van der Waals surface area (Å²) in [5, 5.41) is 3.53. The van der Waals surface area contributed by atoms with Gasteiger partial charge in [-0.2, -0.15) is 0 Å². The van der Waals surface area contributed by atoms with Gasteiger partial charge >= 0.3 is 0 Å². The maximum Gasteiger partial charge on any atom is 0.0314 e. The highest BCUT2D eigenvalue weighted by molar-refractivity contribution is 9.10. The maximum absolute atomic E-state index is 3.71. The number of hydrogen-bond donors (Lipinski definition) is 1. The van der Waals surface area contributed by atoms with Crippen molar-refractivity contribution >= 4 is 27.7 Å². The molecule has 0 aliphatic rings. The second-order valence-electron chi connectivity index (χ2n) is 5.19. The minimum absolute atomic E-state index is 0.421. The number of thioether (sulfide) groups is 1. The molecule has 3 heteroatoms. The Balaban J connectivity index is 2.63. The lowest BCUT2D eigenvalue weighted by atomic mass is 10.1. The predicted octanol–water partition coefficient (Wildman–Crippen LogP) is 5.65. The van der Waals surface area contributed by atoms with Gasteiger partial charge in [0.15, 0.2) is 0 Å². The van der Waals surface area contributed by atoms with E-state index in [1.54, 1.807) is 0 Å². The maximum atomic E-state index is 3.71. The van der Waals surface area contributed by atoms with Crippen LogP contribution < -0.4 is 5.32 Å². The number of halogens is 1. The fraction of sp³-hybridized carbons (Fsp3) is 0.625. The lowest BCUT2D eigenvalue weighted by Crippen LogP contribution is -2.19. The first-order valence-corrected chi connectivity index (χ1v) is 9.01. The largest absolute Gasteiger partial charge is 0.310 e. The Morgan fingerprint density at radius 1 is 1.26 bits per heavy atom. The van der Waals surface area contributed by atoms with Crippen molar-refractivity contribution in [1.82, 2.24) is 5.32 Å². The summed E-state index contributed by atoms with van der Waals surface area (Å²) >= 11 is 5.66. The molecular formula is C16H26BrNS. The van der Waals surface area contributed by atoms with Crippen LogP contribution in [0.15, 0.2) is 27.6 Å². The predicted molar refractivity (Wildman–Crippen MR) is 91.0 cm³/mol. The van der Waals surface area contributed by atoms with Gasteiger partial charge in [-0.25, -0.2) is 0 Å². The van der Waals surface area contributed by atoms with Crippen molar-refractivity contribution in [1.29, 1.82) is 0 Å². The Labute approximate surface area is 131 Å². The van der Waals surface area contributed by atoms with E-state index in [4.69, 9.17) is 0 Å². The smallest absolute Gasteiger partial charge is 0.0314 e. The first-order valence-electron chi connectivity index (χ1n) is 7.24. The minimum Gasteiger partial charge on any atom is -0.310 e. The second kappa shape index (κ2) is 9.04. The summed E-state index contributed by atoms with van der Waals surface area (Å²) in [5.74, 6) is 1.97. The van der Waals surface area contributed by atoms with Gasteiger partial charge in [-0.15, -0.1) is 11.8 Å². The summed E-state index contributed by atoms with van der Waals surface area (Å²) in [7, 11) is 0. The van der Waals surface area contributed by atoms with Crippen LogP contribution in [0.5, 0.6) is 0 Å². The zero-order chi connectivity index (χ0) is 14.3. The van der Waals surface area contributed by atoms with Crippen molar-refractivity contribution in [3.05, 3.63) is 28.2 Å². The molecule has 1 rings (SSSR count).